The van der Waals surface area contributed by atoms with Crippen LogP contribution >= 0.6 is 23.1 Å². The van der Waals surface area contributed by atoms with E-state index < -0.39 is 6.17 Å². The van der Waals surface area contributed by atoms with Gasteiger partial charge >= 0.3 is 17.4 Å². The van der Waals surface area contributed by atoms with E-state index in [4.69, 9.17) is 0 Å². The number of carbonyl (C=O) groups excluding carboxylic acids is 1. The summed E-state index contributed by atoms with van der Waals surface area (Å²) in [6, 6.07) is 11.5. The molecule has 0 bridgehead atoms. The molecule has 0 spiro atoms. The number of rotatable bonds is 3. The van der Waals surface area contributed by atoms with Crippen LogP contribution in [0.2, 0.25) is 0 Å². The van der Waals surface area contributed by atoms with Gasteiger partial charge in [0.05, 0.1) is 16.1 Å². The quantitative estimate of drug-likeness (QED) is 0.543. The second kappa shape index (κ2) is 6.94. The van der Waals surface area contributed by atoms with E-state index in [1.807, 2.05) is 56.5 Å². The summed E-state index contributed by atoms with van der Waals surface area (Å²) in [4.78, 5) is 32.6. The number of thiophene rings is 1. The second-order valence-electron chi connectivity index (χ2n) is 6.21. The van der Waals surface area contributed by atoms with Gasteiger partial charge in [0.1, 0.15) is 0 Å². The van der Waals surface area contributed by atoms with Crippen molar-refractivity contribution in [3.05, 3.63) is 56.5 Å². The highest BCUT2D eigenvalue weighted by Gasteiger charge is 2.45. The van der Waals surface area contributed by atoms with Gasteiger partial charge in [-0.3, -0.25) is 14.6 Å². The van der Waals surface area contributed by atoms with Crippen molar-refractivity contribution in [1.29, 1.82) is 0 Å². The van der Waals surface area contributed by atoms with Crippen LogP contribution in [-0.4, -0.2) is 22.2 Å². The number of amides is 1. The number of aromatic amines is 1. The average molecular weight is 400 g/mol. The molecule has 6 nitrogen and oxygen atoms in total. The number of hydrogen-bond donors (Lipinski definition) is 1. The first-order valence-electron chi connectivity index (χ1n) is 8.63. The van der Waals surface area contributed by atoms with Crippen molar-refractivity contribution in [2.45, 2.75) is 31.6 Å². The van der Waals surface area contributed by atoms with E-state index in [9.17, 15) is 9.59 Å². The van der Waals surface area contributed by atoms with Crippen LogP contribution in [0.4, 0.5) is 5.69 Å². The highest BCUT2D eigenvalue weighted by Crippen LogP contribution is 2.39. The third kappa shape index (κ3) is 2.89. The maximum atomic E-state index is 13.0. The molecule has 0 fully saturated rings. The first-order chi connectivity index (χ1) is 13.0. The third-order valence-corrected chi connectivity index (χ3v) is 6.15. The summed E-state index contributed by atoms with van der Waals surface area (Å²) in [7, 11) is 0. The summed E-state index contributed by atoms with van der Waals surface area (Å²) < 4.78 is 1.70. The summed E-state index contributed by atoms with van der Waals surface area (Å²) >= 11 is 2.98. The van der Waals surface area contributed by atoms with Gasteiger partial charge in [0.25, 0.3) is 0 Å². The molecule has 0 aliphatic carbocycles. The third-order valence-electron chi connectivity index (χ3n) is 4.54. The Morgan fingerprint density at radius 2 is 2.11 bits per heavy atom. The Bertz CT molecular complexity index is 1090. The molecule has 0 radical (unpaired) electrons. The standard InChI is InChI=1S/C19H18N4O2S2/c1-4-15(24)22-13-8-6-5-7-12(13)16-17(25)20-19(26-3)21-23(16)18(22)14-10-9-11(2)27-14/h5-10,18H,4H2,1-3H3/p+1. The van der Waals surface area contributed by atoms with Gasteiger partial charge in [-0.15, -0.1) is 11.3 Å². The molecule has 8 heteroatoms. The molecule has 3 heterocycles. The van der Waals surface area contributed by atoms with E-state index in [1.54, 1.807) is 20.9 Å². The SMILES string of the molecule is CCC(=O)N1c2ccccc2-c2c(=O)[nH]c(SC)n[n+]2C1c1ccc(C)s1. The summed E-state index contributed by atoms with van der Waals surface area (Å²) in [5, 5.41) is 5.18. The minimum Gasteiger partial charge on any atom is -0.291 e. The molecular formula is C19H19N4O2S2+. The van der Waals surface area contributed by atoms with Crippen molar-refractivity contribution in [2.24, 2.45) is 0 Å². The monoisotopic (exact) mass is 399 g/mol. The molecule has 1 unspecified atom stereocenters. The number of H-pyrrole nitrogens is 1. The summed E-state index contributed by atoms with van der Waals surface area (Å²) in [6.45, 7) is 3.88. The zero-order valence-electron chi connectivity index (χ0n) is 15.2. The van der Waals surface area contributed by atoms with Crippen molar-refractivity contribution < 1.29 is 9.48 Å². The normalized spacial score (nSPS) is 15.4. The lowest BCUT2D eigenvalue weighted by atomic mass is 10.0. The van der Waals surface area contributed by atoms with E-state index in [1.165, 1.54) is 11.8 Å². The Morgan fingerprint density at radius 3 is 2.78 bits per heavy atom. The average Bonchev–Trinajstić information content (AvgIpc) is 3.11. The minimum atomic E-state index is -0.478. The molecular weight excluding hydrogens is 380 g/mol. The highest BCUT2D eigenvalue weighted by molar-refractivity contribution is 7.98. The topological polar surface area (TPSA) is 69.9 Å². The number of fused-ring (bicyclic) bond motifs is 3. The van der Waals surface area contributed by atoms with Crippen molar-refractivity contribution in [3.63, 3.8) is 0 Å². The maximum absolute atomic E-state index is 13.0. The van der Waals surface area contributed by atoms with Gasteiger partial charge in [-0.05, 0) is 42.1 Å². The lowest BCUT2D eigenvalue weighted by Gasteiger charge is -2.31. The van der Waals surface area contributed by atoms with Crippen LogP contribution in [0.15, 0.2) is 46.3 Å². The lowest BCUT2D eigenvalue weighted by molar-refractivity contribution is -0.762. The number of aryl methyl sites for hydroxylation is 1. The Hall–Kier alpha value is -2.45. The van der Waals surface area contributed by atoms with Gasteiger partial charge in [-0.2, -0.15) is 0 Å². The molecule has 138 valence electrons. The fraction of sp³-hybridized carbons (Fsp3) is 0.263. The molecule has 2 aromatic heterocycles. The van der Waals surface area contributed by atoms with Gasteiger partial charge < -0.3 is 0 Å². The van der Waals surface area contributed by atoms with Crippen molar-refractivity contribution in [1.82, 2.24) is 10.1 Å². The van der Waals surface area contributed by atoms with Crippen molar-refractivity contribution in [2.75, 3.05) is 11.2 Å². The van der Waals surface area contributed by atoms with Crippen molar-refractivity contribution in [3.8, 4) is 11.3 Å². The molecule has 27 heavy (non-hydrogen) atoms. The minimum absolute atomic E-state index is 0.00978. The number of hydrogen-bond acceptors (Lipinski definition) is 5. The van der Waals surface area contributed by atoms with E-state index in [2.05, 4.69) is 10.1 Å². The van der Waals surface area contributed by atoms with E-state index in [0.717, 1.165) is 15.4 Å². The fourth-order valence-corrected chi connectivity index (χ4v) is 4.67. The maximum Gasteiger partial charge on any atom is 0.325 e. The number of benzene rings is 1. The van der Waals surface area contributed by atoms with E-state index >= 15 is 0 Å². The Labute approximate surface area is 164 Å². The van der Waals surface area contributed by atoms with Gasteiger partial charge in [0.15, 0.2) is 0 Å². The first-order valence-corrected chi connectivity index (χ1v) is 10.7. The first kappa shape index (κ1) is 17.9. The molecule has 1 amide bonds. The van der Waals surface area contributed by atoms with Gasteiger partial charge in [0, 0.05) is 16.4 Å². The van der Waals surface area contributed by atoms with Crippen LogP contribution in [0.25, 0.3) is 11.3 Å². The zero-order chi connectivity index (χ0) is 19.1. The van der Waals surface area contributed by atoms with Crippen LogP contribution in [0.5, 0.6) is 0 Å². The largest absolute Gasteiger partial charge is 0.325 e. The van der Waals surface area contributed by atoms with Crippen LogP contribution in [0.3, 0.4) is 0 Å². The molecule has 4 rings (SSSR count). The number of nitrogens with zero attached hydrogens (tertiary/aromatic N) is 3. The van der Waals surface area contributed by atoms with Crippen LogP contribution in [0, 0.1) is 6.92 Å². The molecule has 1 aliphatic rings. The number of carbonyl (C=O) groups is 1. The number of aromatic nitrogens is 3. The van der Waals surface area contributed by atoms with Crippen LogP contribution in [0.1, 0.15) is 29.3 Å². The van der Waals surface area contributed by atoms with E-state index in [0.29, 0.717) is 22.8 Å². The molecule has 3 aromatic rings. The molecule has 1 aliphatic heterocycles. The Balaban J connectivity index is 2.09. The zero-order valence-corrected chi connectivity index (χ0v) is 16.9. The Kier molecular flexibility index (Phi) is 4.61. The predicted octanol–water partition coefficient (Wildman–Crippen LogP) is 3.12. The summed E-state index contributed by atoms with van der Waals surface area (Å²) in [5.41, 5.74) is 1.72. The van der Waals surface area contributed by atoms with Crippen LogP contribution in [-0.2, 0) is 4.79 Å². The van der Waals surface area contributed by atoms with Gasteiger partial charge in [0.2, 0.25) is 11.1 Å². The van der Waals surface area contributed by atoms with E-state index in [-0.39, 0.29) is 11.5 Å². The second-order valence-corrected chi connectivity index (χ2v) is 8.33. The lowest BCUT2D eigenvalue weighted by Crippen LogP contribution is -2.60. The highest BCUT2D eigenvalue weighted by atomic mass is 32.2. The summed E-state index contributed by atoms with van der Waals surface area (Å²) in [5.74, 6) is -0.00978. The fourth-order valence-electron chi connectivity index (χ4n) is 3.35. The Morgan fingerprint density at radius 1 is 1.33 bits per heavy atom. The van der Waals surface area contributed by atoms with Gasteiger partial charge in [-0.1, -0.05) is 30.8 Å². The molecule has 1 N–H and O–H groups in total. The molecule has 1 atom stereocenters. The van der Waals surface area contributed by atoms with Gasteiger partial charge in [-0.25, -0.2) is 4.90 Å². The predicted molar refractivity (Wildman–Crippen MR) is 107 cm³/mol. The number of thioether (sulfide) groups is 1. The number of nitrogens with one attached hydrogen (secondary N) is 1. The molecule has 1 aromatic carbocycles. The molecule has 0 saturated carbocycles. The number of anilines is 1. The van der Waals surface area contributed by atoms with Crippen LogP contribution < -0.4 is 15.1 Å². The molecule has 0 saturated heterocycles. The number of para-hydroxylation sites is 1. The van der Waals surface area contributed by atoms with Crippen molar-refractivity contribution >= 4 is 34.7 Å². The summed E-state index contributed by atoms with van der Waals surface area (Å²) in [6.07, 6.45) is 1.75. The smallest absolute Gasteiger partial charge is 0.291 e.